The van der Waals surface area contributed by atoms with Crippen LogP contribution in [-0.4, -0.2) is 42.2 Å². The molecule has 2 rings (SSSR count). The summed E-state index contributed by atoms with van der Waals surface area (Å²) in [5.74, 6) is 0.758. The van der Waals surface area contributed by atoms with E-state index in [9.17, 15) is 4.79 Å². The number of carbonyl (C=O) groups is 1. The van der Waals surface area contributed by atoms with Gasteiger partial charge in [-0.3, -0.25) is 4.79 Å². The van der Waals surface area contributed by atoms with Crippen LogP contribution in [0.2, 0.25) is 0 Å². The second-order valence-corrected chi connectivity index (χ2v) is 5.12. The summed E-state index contributed by atoms with van der Waals surface area (Å²) in [6, 6.07) is 4.03. The Kier molecular flexibility index (Phi) is 4.74. The molecule has 2 heterocycles. The number of aliphatic carboxylic acids is 1. The van der Waals surface area contributed by atoms with Crippen LogP contribution < -0.4 is 10.2 Å². The zero-order chi connectivity index (χ0) is 13.7. The van der Waals surface area contributed by atoms with Gasteiger partial charge >= 0.3 is 5.97 Å². The molecule has 1 atom stereocenters. The molecule has 1 aromatic rings. The normalized spacial score (nSPS) is 19.4. The van der Waals surface area contributed by atoms with Crippen molar-refractivity contribution in [3.05, 3.63) is 23.9 Å². The van der Waals surface area contributed by atoms with Gasteiger partial charge in [-0.2, -0.15) is 0 Å². The van der Waals surface area contributed by atoms with Crippen LogP contribution in [-0.2, 0) is 4.79 Å². The van der Waals surface area contributed by atoms with Gasteiger partial charge in [0.2, 0.25) is 0 Å². The highest BCUT2D eigenvalue weighted by atomic mass is 16.4. The van der Waals surface area contributed by atoms with Crippen LogP contribution in [0.1, 0.15) is 18.4 Å². The third-order valence-corrected chi connectivity index (χ3v) is 3.51. The average molecular weight is 263 g/mol. The smallest absolute Gasteiger partial charge is 0.317 e. The number of anilines is 1. The Labute approximate surface area is 113 Å². The van der Waals surface area contributed by atoms with Gasteiger partial charge in [0.1, 0.15) is 5.82 Å². The van der Waals surface area contributed by atoms with Crippen LogP contribution in [0.25, 0.3) is 0 Å². The van der Waals surface area contributed by atoms with Gasteiger partial charge in [-0.1, -0.05) is 6.07 Å². The first-order chi connectivity index (χ1) is 9.16. The average Bonchev–Trinajstić information content (AvgIpc) is 2.39. The van der Waals surface area contributed by atoms with Crippen molar-refractivity contribution in [2.45, 2.75) is 19.8 Å². The largest absolute Gasteiger partial charge is 0.480 e. The lowest BCUT2D eigenvalue weighted by molar-refractivity contribution is -0.136. The van der Waals surface area contributed by atoms with E-state index in [0.29, 0.717) is 5.92 Å². The van der Waals surface area contributed by atoms with Gasteiger partial charge in [0.15, 0.2) is 0 Å². The number of piperidine rings is 1. The first-order valence-corrected chi connectivity index (χ1v) is 6.76. The van der Waals surface area contributed by atoms with Crippen molar-refractivity contribution < 1.29 is 9.90 Å². The van der Waals surface area contributed by atoms with Crippen molar-refractivity contribution in [1.29, 1.82) is 0 Å². The number of carboxylic acid groups (broad SMARTS) is 1. The number of carboxylic acids is 1. The van der Waals surface area contributed by atoms with E-state index in [4.69, 9.17) is 5.11 Å². The summed E-state index contributed by atoms with van der Waals surface area (Å²) in [5, 5.41) is 11.6. The summed E-state index contributed by atoms with van der Waals surface area (Å²) in [7, 11) is 0. The monoisotopic (exact) mass is 263 g/mol. The number of aromatic nitrogens is 1. The minimum absolute atomic E-state index is 0.0408. The fraction of sp³-hybridized carbons (Fsp3) is 0.571. The van der Waals surface area contributed by atoms with Gasteiger partial charge in [-0.25, -0.2) is 4.98 Å². The van der Waals surface area contributed by atoms with Crippen molar-refractivity contribution >= 4 is 11.8 Å². The summed E-state index contributed by atoms with van der Waals surface area (Å²) < 4.78 is 0. The van der Waals surface area contributed by atoms with Crippen LogP contribution >= 0.6 is 0 Å². The molecule has 1 unspecified atom stereocenters. The first-order valence-electron chi connectivity index (χ1n) is 6.76. The summed E-state index contributed by atoms with van der Waals surface area (Å²) in [6.45, 7) is 4.86. The molecule has 2 N–H and O–H groups in total. The second-order valence-electron chi connectivity index (χ2n) is 5.12. The Morgan fingerprint density at radius 3 is 3.21 bits per heavy atom. The maximum Gasteiger partial charge on any atom is 0.317 e. The molecule has 0 bridgehead atoms. The standard InChI is InChI=1S/C14H21N3O2/c1-11-4-2-6-16-14(11)17-7-3-5-12(10-17)8-15-9-13(18)19/h2,4,6,12,15H,3,5,7-10H2,1H3,(H,18,19). The van der Waals surface area contributed by atoms with Crippen molar-refractivity contribution in [2.75, 3.05) is 31.1 Å². The Hall–Kier alpha value is -1.62. The molecular formula is C14H21N3O2. The predicted molar refractivity (Wildman–Crippen MR) is 74.4 cm³/mol. The fourth-order valence-corrected chi connectivity index (χ4v) is 2.62. The fourth-order valence-electron chi connectivity index (χ4n) is 2.62. The molecule has 0 aliphatic carbocycles. The molecule has 1 fully saturated rings. The lowest BCUT2D eigenvalue weighted by Gasteiger charge is -2.34. The highest BCUT2D eigenvalue weighted by Crippen LogP contribution is 2.23. The Morgan fingerprint density at radius 1 is 1.63 bits per heavy atom. The molecule has 0 saturated carbocycles. The Balaban J connectivity index is 1.90. The van der Waals surface area contributed by atoms with E-state index in [2.05, 4.69) is 28.2 Å². The van der Waals surface area contributed by atoms with E-state index in [0.717, 1.165) is 38.3 Å². The minimum Gasteiger partial charge on any atom is -0.480 e. The second kappa shape index (κ2) is 6.52. The molecule has 0 spiro atoms. The van der Waals surface area contributed by atoms with Crippen LogP contribution in [0.5, 0.6) is 0 Å². The molecule has 104 valence electrons. The molecule has 0 amide bonds. The third-order valence-electron chi connectivity index (χ3n) is 3.51. The van der Waals surface area contributed by atoms with Gasteiger partial charge < -0.3 is 15.3 Å². The minimum atomic E-state index is -0.798. The molecule has 1 aromatic heterocycles. The van der Waals surface area contributed by atoms with Crippen molar-refractivity contribution in [1.82, 2.24) is 10.3 Å². The lowest BCUT2D eigenvalue weighted by Crippen LogP contribution is -2.41. The summed E-state index contributed by atoms with van der Waals surface area (Å²) in [6.07, 6.45) is 4.11. The molecule has 1 saturated heterocycles. The topological polar surface area (TPSA) is 65.5 Å². The van der Waals surface area contributed by atoms with Crippen LogP contribution in [0.15, 0.2) is 18.3 Å². The van der Waals surface area contributed by atoms with Crippen LogP contribution in [0.3, 0.4) is 0 Å². The molecule has 5 nitrogen and oxygen atoms in total. The predicted octanol–water partition coefficient (Wildman–Crippen LogP) is 1.28. The zero-order valence-electron chi connectivity index (χ0n) is 11.3. The third kappa shape index (κ3) is 3.92. The first kappa shape index (κ1) is 13.8. The summed E-state index contributed by atoms with van der Waals surface area (Å²) in [5.41, 5.74) is 1.20. The number of pyridine rings is 1. The van der Waals surface area contributed by atoms with Gasteiger partial charge in [0, 0.05) is 25.8 Å². The molecule has 1 aliphatic heterocycles. The molecule has 5 heteroatoms. The summed E-state index contributed by atoms with van der Waals surface area (Å²) in [4.78, 5) is 17.3. The molecule has 0 radical (unpaired) electrons. The molecule has 1 aliphatic rings. The number of hydrogen-bond acceptors (Lipinski definition) is 4. The highest BCUT2D eigenvalue weighted by Gasteiger charge is 2.21. The lowest BCUT2D eigenvalue weighted by atomic mass is 9.97. The molecule has 19 heavy (non-hydrogen) atoms. The Bertz CT molecular complexity index is 436. The van der Waals surface area contributed by atoms with Gasteiger partial charge in [0.05, 0.1) is 6.54 Å². The number of aryl methyl sites for hydroxylation is 1. The van der Waals surface area contributed by atoms with Gasteiger partial charge in [0.25, 0.3) is 0 Å². The van der Waals surface area contributed by atoms with E-state index in [1.807, 2.05) is 12.3 Å². The highest BCUT2D eigenvalue weighted by molar-refractivity contribution is 5.68. The molecular weight excluding hydrogens is 242 g/mol. The Morgan fingerprint density at radius 2 is 2.47 bits per heavy atom. The van der Waals surface area contributed by atoms with E-state index in [1.54, 1.807) is 0 Å². The summed E-state index contributed by atoms with van der Waals surface area (Å²) >= 11 is 0. The van der Waals surface area contributed by atoms with E-state index in [-0.39, 0.29) is 6.54 Å². The number of rotatable bonds is 5. The quantitative estimate of drug-likeness (QED) is 0.838. The van der Waals surface area contributed by atoms with Gasteiger partial charge in [-0.05, 0) is 37.3 Å². The van der Waals surface area contributed by atoms with Gasteiger partial charge in [-0.15, -0.1) is 0 Å². The van der Waals surface area contributed by atoms with Crippen molar-refractivity contribution in [3.8, 4) is 0 Å². The van der Waals surface area contributed by atoms with Crippen molar-refractivity contribution in [3.63, 3.8) is 0 Å². The van der Waals surface area contributed by atoms with E-state index >= 15 is 0 Å². The van der Waals surface area contributed by atoms with E-state index in [1.165, 1.54) is 5.56 Å². The van der Waals surface area contributed by atoms with E-state index < -0.39 is 5.97 Å². The molecule has 0 aromatic carbocycles. The zero-order valence-corrected chi connectivity index (χ0v) is 11.3. The van der Waals surface area contributed by atoms with Crippen LogP contribution in [0.4, 0.5) is 5.82 Å². The maximum atomic E-state index is 10.5. The number of nitrogens with zero attached hydrogens (tertiary/aromatic N) is 2. The number of hydrogen-bond donors (Lipinski definition) is 2. The number of nitrogens with one attached hydrogen (secondary N) is 1. The van der Waals surface area contributed by atoms with Crippen molar-refractivity contribution in [2.24, 2.45) is 5.92 Å². The SMILES string of the molecule is Cc1cccnc1N1CCCC(CNCC(=O)O)C1. The van der Waals surface area contributed by atoms with Crippen LogP contribution in [0, 0.1) is 12.8 Å². The maximum absolute atomic E-state index is 10.5.